The highest BCUT2D eigenvalue weighted by Gasteiger charge is 2.16. The van der Waals surface area contributed by atoms with E-state index in [2.05, 4.69) is 43.3 Å². The number of rotatable bonds is 5. The highest BCUT2D eigenvalue weighted by molar-refractivity contribution is 8.00. The number of hydrogen-bond donors (Lipinski definition) is 0. The Morgan fingerprint density at radius 2 is 1.68 bits per heavy atom. The summed E-state index contributed by atoms with van der Waals surface area (Å²) in [6, 6.07) is 18.5. The first-order valence-electron chi connectivity index (χ1n) is 6.43. The van der Waals surface area contributed by atoms with Crippen LogP contribution in [-0.2, 0) is 11.2 Å². The zero-order chi connectivity index (χ0) is 13.7. The molecule has 2 heteroatoms. The van der Waals surface area contributed by atoms with Gasteiger partial charge in [0, 0.05) is 4.90 Å². The fourth-order valence-corrected chi connectivity index (χ4v) is 2.94. The van der Waals surface area contributed by atoms with Crippen molar-refractivity contribution < 1.29 is 4.79 Å². The van der Waals surface area contributed by atoms with Crippen LogP contribution in [-0.4, -0.2) is 11.0 Å². The first-order valence-corrected chi connectivity index (χ1v) is 7.31. The van der Waals surface area contributed by atoms with Gasteiger partial charge in [-0.05, 0) is 38.0 Å². The summed E-state index contributed by atoms with van der Waals surface area (Å²) in [5, 5.41) is -0.00916. The van der Waals surface area contributed by atoms with Crippen LogP contribution in [0.3, 0.4) is 0 Å². The molecule has 2 aromatic rings. The molecular weight excluding hydrogens is 252 g/mol. The van der Waals surface area contributed by atoms with Gasteiger partial charge in [0.05, 0.1) is 5.25 Å². The van der Waals surface area contributed by atoms with Crippen molar-refractivity contribution in [2.45, 2.75) is 30.4 Å². The van der Waals surface area contributed by atoms with E-state index < -0.39 is 0 Å². The summed E-state index contributed by atoms with van der Waals surface area (Å²) in [7, 11) is 0. The molecule has 1 atom stereocenters. The Kier molecular flexibility index (Phi) is 4.80. The van der Waals surface area contributed by atoms with Crippen molar-refractivity contribution in [1.82, 2.24) is 0 Å². The summed E-state index contributed by atoms with van der Waals surface area (Å²) < 4.78 is 0. The second-order valence-corrected chi connectivity index (χ2v) is 6.00. The molecule has 0 radical (unpaired) electrons. The quantitative estimate of drug-likeness (QED) is 0.754. The van der Waals surface area contributed by atoms with E-state index in [1.54, 1.807) is 18.7 Å². The molecule has 0 aliphatic rings. The van der Waals surface area contributed by atoms with Crippen molar-refractivity contribution in [3.05, 3.63) is 65.7 Å². The van der Waals surface area contributed by atoms with Gasteiger partial charge in [0.2, 0.25) is 0 Å². The van der Waals surface area contributed by atoms with E-state index in [0.717, 1.165) is 11.3 Å². The predicted molar refractivity (Wildman–Crippen MR) is 81.7 cm³/mol. The van der Waals surface area contributed by atoms with Crippen LogP contribution in [0.1, 0.15) is 18.1 Å². The largest absolute Gasteiger partial charge is 0.299 e. The van der Waals surface area contributed by atoms with E-state index >= 15 is 0 Å². The summed E-state index contributed by atoms with van der Waals surface area (Å²) in [5.41, 5.74) is 2.45. The first-order chi connectivity index (χ1) is 9.15. The highest BCUT2D eigenvalue weighted by atomic mass is 32.2. The fourth-order valence-electron chi connectivity index (χ4n) is 1.88. The molecule has 1 nitrogen and oxygen atoms in total. The van der Waals surface area contributed by atoms with Gasteiger partial charge in [-0.3, -0.25) is 4.79 Å². The van der Waals surface area contributed by atoms with Crippen LogP contribution in [0.15, 0.2) is 59.5 Å². The molecule has 98 valence electrons. The van der Waals surface area contributed by atoms with Crippen molar-refractivity contribution in [2.75, 3.05) is 0 Å². The minimum Gasteiger partial charge on any atom is -0.299 e. The van der Waals surface area contributed by atoms with E-state index in [1.807, 2.05) is 18.2 Å². The summed E-state index contributed by atoms with van der Waals surface area (Å²) in [5.74, 6) is 0.231. The smallest absolute Gasteiger partial charge is 0.143 e. The van der Waals surface area contributed by atoms with Crippen LogP contribution in [0.25, 0.3) is 0 Å². The Morgan fingerprint density at radius 1 is 1.05 bits per heavy atom. The van der Waals surface area contributed by atoms with Gasteiger partial charge in [0.1, 0.15) is 5.78 Å². The van der Waals surface area contributed by atoms with E-state index in [1.165, 1.54) is 11.1 Å². The molecule has 0 spiro atoms. The minimum absolute atomic E-state index is 0.00916. The van der Waals surface area contributed by atoms with Crippen LogP contribution in [0.5, 0.6) is 0 Å². The Bertz CT molecular complexity index is 531. The first kappa shape index (κ1) is 13.9. The standard InChI is InChI=1S/C17H18OS/c1-13-8-10-16(11-9-13)19-17(14(2)18)12-15-6-4-3-5-7-15/h3-11,17H,12H2,1-2H3. The van der Waals surface area contributed by atoms with Crippen LogP contribution < -0.4 is 0 Å². The van der Waals surface area contributed by atoms with Crippen molar-refractivity contribution in [3.8, 4) is 0 Å². The van der Waals surface area contributed by atoms with Crippen LogP contribution in [0, 0.1) is 6.92 Å². The van der Waals surface area contributed by atoms with Gasteiger partial charge in [-0.2, -0.15) is 0 Å². The molecule has 0 aliphatic heterocycles. The molecule has 2 aromatic carbocycles. The summed E-state index contributed by atoms with van der Waals surface area (Å²) in [6.45, 7) is 3.75. The van der Waals surface area contributed by atoms with E-state index in [-0.39, 0.29) is 11.0 Å². The Balaban J connectivity index is 2.08. The monoisotopic (exact) mass is 270 g/mol. The number of Topliss-reactive ketones (excluding diaryl/α,β-unsaturated/α-hetero) is 1. The average molecular weight is 270 g/mol. The zero-order valence-corrected chi connectivity index (χ0v) is 12.1. The van der Waals surface area contributed by atoms with E-state index in [0.29, 0.717) is 0 Å². The second kappa shape index (κ2) is 6.58. The third-order valence-electron chi connectivity index (χ3n) is 3.02. The molecule has 0 heterocycles. The SMILES string of the molecule is CC(=O)C(Cc1ccccc1)Sc1ccc(C)cc1. The Hall–Kier alpha value is -1.54. The molecular formula is C17H18OS. The molecule has 0 bridgehead atoms. The van der Waals surface area contributed by atoms with Gasteiger partial charge < -0.3 is 0 Å². The number of hydrogen-bond acceptors (Lipinski definition) is 2. The maximum atomic E-state index is 11.8. The second-order valence-electron chi connectivity index (χ2n) is 4.72. The number of aryl methyl sites for hydroxylation is 1. The third kappa shape index (κ3) is 4.25. The Labute approximate surface area is 119 Å². The fraction of sp³-hybridized carbons (Fsp3) is 0.235. The zero-order valence-electron chi connectivity index (χ0n) is 11.3. The van der Waals surface area contributed by atoms with Crippen molar-refractivity contribution in [2.24, 2.45) is 0 Å². The van der Waals surface area contributed by atoms with Gasteiger partial charge in [0.25, 0.3) is 0 Å². The maximum Gasteiger partial charge on any atom is 0.143 e. The average Bonchev–Trinajstić information content (AvgIpc) is 2.41. The predicted octanol–water partition coefficient (Wildman–Crippen LogP) is 4.29. The van der Waals surface area contributed by atoms with Crippen LogP contribution in [0.2, 0.25) is 0 Å². The topological polar surface area (TPSA) is 17.1 Å². The van der Waals surface area contributed by atoms with Crippen LogP contribution >= 0.6 is 11.8 Å². The molecule has 0 N–H and O–H groups in total. The number of carbonyl (C=O) groups excluding carboxylic acids is 1. The number of thioether (sulfide) groups is 1. The van der Waals surface area contributed by atoms with Gasteiger partial charge >= 0.3 is 0 Å². The van der Waals surface area contributed by atoms with Crippen molar-refractivity contribution in [3.63, 3.8) is 0 Å². The highest BCUT2D eigenvalue weighted by Crippen LogP contribution is 2.26. The van der Waals surface area contributed by atoms with E-state index in [4.69, 9.17) is 0 Å². The summed E-state index contributed by atoms with van der Waals surface area (Å²) in [4.78, 5) is 13.0. The maximum absolute atomic E-state index is 11.8. The van der Waals surface area contributed by atoms with Gasteiger partial charge in [-0.1, -0.05) is 48.0 Å². The summed E-state index contributed by atoms with van der Waals surface area (Å²) >= 11 is 1.65. The van der Waals surface area contributed by atoms with Crippen LogP contribution in [0.4, 0.5) is 0 Å². The molecule has 0 amide bonds. The lowest BCUT2D eigenvalue weighted by molar-refractivity contribution is -0.116. The number of ketones is 1. The molecule has 0 aromatic heterocycles. The molecule has 19 heavy (non-hydrogen) atoms. The van der Waals surface area contributed by atoms with Gasteiger partial charge in [-0.25, -0.2) is 0 Å². The third-order valence-corrected chi connectivity index (χ3v) is 4.34. The molecule has 0 saturated carbocycles. The van der Waals surface area contributed by atoms with Crippen molar-refractivity contribution in [1.29, 1.82) is 0 Å². The van der Waals surface area contributed by atoms with E-state index in [9.17, 15) is 4.79 Å². The molecule has 1 unspecified atom stereocenters. The van der Waals surface area contributed by atoms with Crippen molar-refractivity contribution >= 4 is 17.5 Å². The number of carbonyl (C=O) groups is 1. The van der Waals surface area contributed by atoms with Gasteiger partial charge in [-0.15, -0.1) is 11.8 Å². The number of benzene rings is 2. The molecule has 0 aliphatic carbocycles. The lowest BCUT2D eigenvalue weighted by Crippen LogP contribution is -2.16. The lowest BCUT2D eigenvalue weighted by Gasteiger charge is -2.13. The molecule has 2 rings (SSSR count). The molecule has 0 fully saturated rings. The summed E-state index contributed by atoms with van der Waals surface area (Å²) in [6.07, 6.45) is 0.786. The molecule has 0 saturated heterocycles. The minimum atomic E-state index is -0.00916. The van der Waals surface area contributed by atoms with Gasteiger partial charge in [0.15, 0.2) is 0 Å². The normalized spacial score (nSPS) is 12.1. The Morgan fingerprint density at radius 3 is 2.26 bits per heavy atom. The lowest BCUT2D eigenvalue weighted by atomic mass is 10.1.